The maximum Gasteiger partial charge on any atom is 0.325 e. The minimum atomic E-state index is -0.967. The third-order valence-corrected chi connectivity index (χ3v) is 3.91. The van der Waals surface area contributed by atoms with Crippen LogP contribution in [0.3, 0.4) is 0 Å². The van der Waals surface area contributed by atoms with E-state index < -0.39 is 16.4 Å². The molecule has 110 valence electrons. The van der Waals surface area contributed by atoms with Gasteiger partial charge in [-0.3, -0.25) is 14.9 Å². The zero-order valence-corrected chi connectivity index (χ0v) is 12.3. The summed E-state index contributed by atoms with van der Waals surface area (Å²) in [5.41, 5.74) is 4.96. The van der Waals surface area contributed by atoms with Crippen LogP contribution in [0.25, 0.3) is 0 Å². The van der Waals surface area contributed by atoms with Crippen molar-refractivity contribution in [3.05, 3.63) is 34.4 Å². The standard InChI is InChI=1S/C13H18N2O4S/c1-13(14,12(16)19-2)8-3-9-20-11-6-4-10(5-7-11)15(17)18/h4-7H,3,8-9,14H2,1-2H3. The van der Waals surface area contributed by atoms with Gasteiger partial charge in [0.05, 0.1) is 12.0 Å². The number of hydrogen-bond donors (Lipinski definition) is 1. The number of carbonyl (C=O) groups is 1. The van der Waals surface area contributed by atoms with Crippen LogP contribution >= 0.6 is 11.8 Å². The molecule has 0 bridgehead atoms. The number of nitro groups is 1. The average molecular weight is 298 g/mol. The average Bonchev–Trinajstić information content (AvgIpc) is 2.43. The number of non-ortho nitro benzene ring substituents is 1. The van der Waals surface area contributed by atoms with E-state index in [1.54, 1.807) is 30.8 Å². The van der Waals surface area contributed by atoms with Gasteiger partial charge in [0.15, 0.2) is 0 Å². The van der Waals surface area contributed by atoms with E-state index in [4.69, 9.17) is 5.73 Å². The number of methoxy groups -OCH3 is 1. The first kappa shape index (κ1) is 16.5. The number of carbonyl (C=O) groups excluding carboxylic acids is 1. The fraction of sp³-hybridized carbons (Fsp3) is 0.462. The van der Waals surface area contributed by atoms with Gasteiger partial charge in [-0.15, -0.1) is 11.8 Å². The molecule has 0 aliphatic carbocycles. The van der Waals surface area contributed by atoms with E-state index in [0.717, 1.165) is 17.1 Å². The van der Waals surface area contributed by atoms with E-state index in [1.165, 1.54) is 19.2 Å². The van der Waals surface area contributed by atoms with E-state index in [1.807, 2.05) is 0 Å². The van der Waals surface area contributed by atoms with Crippen LogP contribution < -0.4 is 5.73 Å². The van der Waals surface area contributed by atoms with Gasteiger partial charge >= 0.3 is 5.97 Å². The lowest BCUT2D eigenvalue weighted by molar-refractivity contribution is -0.384. The smallest absolute Gasteiger partial charge is 0.325 e. The summed E-state index contributed by atoms with van der Waals surface area (Å²) < 4.78 is 4.63. The normalized spacial score (nSPS) is 13.6. The Balaban J connectivity index is 2.38. The first-order valence-electron chi connectivity index (χ1n) is 6.11. The molecule has 0 aliphatic heterocycles. The Labute approximate surface area is 121 Å². The van der Waals surface area contributed by atoms with Crippen molar-refractivity contribution in [1.82, 2.24) is 0 Å². The molecule has 6 nitrogen and oxygen atoms in total. The summed E-state index contributed by atoms with van der Waals surface area (Å²) in [6, 6.07) is 6.38. The molecule has 0 spiro atoms. The second-order valence-electron chi connectivity index (χ2n) is 4.61. The topological polar surface area (TPSA) is 95.5 Å². The lowest BCUT2D eigenvalue weighted by Crippen LogP contribution is -2.45. The van der Waals surface area contributed by atoms with Crippen LogP contribution in [0.15, 0.2) is 29.2 Å². The van der Waals surface area contributed by atoms with E-state index in [-0.39, 0.29) is 5.69 Å². The molecular formula is C13H18N2O4S. The van der Waals surface area contributed by atoms with Crippen molar-refractivity contribution in [2.75, 3.05) is 12.9 Å². The molecule has 2 N–H and O–H groups in total. The minimum absolute atomic E-state index is 0.0783. The van der Waals surface area contributed by atoms with Crippen molar-refractivity contribution in [2.45, 2.75) is 30.2 Å². The van der Waals surface area contributed by atoms with Crippen molar-refractivity contribution in [2.24, 2.45) is 5.73 Å². The van der Waals surface area contributed by atoms with Crippen LogP contribution in [0.2, 0.25) is 0 Å². The quantitative estimate of drug-likeness (QED) is 0.273. The molecule has 7 heteroatoms. The number of rotatable bonds is 7. The molecule has 0 saturated heterocycles. The molecule has 0 aliphatic rings. The van der Waals surface area contributed by atoms with Crippen LogP contribution in [0.1, 0.15) is 19.8 Å². The molecule has 0 radical (unpaired) electrons. The van der Waals surface area contributed by atoms with E-state index in [0.29, 0.717) is 6.42 Å². The molecule has 0 heterocycles. The summed E-state index contributed by atoms with van der Waals surface area (Å²) in [6.07, 6.45) is 1.28. The summed E-state index contributed by atoms with van der Waals surface area (Å²) in [4.78, 5) is 22.4. The number of thioether (sulfide) groups is 1. The molecular weight excluding hydrogens is 280 g/mol. The van der Waals surface area contributed by atoms with Crippen molar-refractivity contribution in [1.29, 1.82) is 0 Å². The first-order valence-corrected chi connectivity index (χ1v) is 7.10. The zero-order valence-electron chi connectivity index (χ0n) is 11.5. The molecule has 20 heavy (non-hydrogen) atoms. The molecule has 1 unspecified atom stereocenters. The molecule has 0 saturated carbocycles. The highest BCUT2D eigenvalue weighted by Gasteiger charge is 2.28. The number of nitrogens with zero attached hydrogens (tertiary/aromatic N) is 1. The van der Waals surface area contributed by atoms with Crippen LogP contribution in [0, 0.1) is 10.1 Å². The van der Waals surface area contributed by atoms with Crippen LogP contribution in [-0.4, -0.2) is 29.3 Å². The van der Waals surface area contributed by atoms with Crippen LogP contribution in [0.4, 0.5) is 5.69 Å². The predicted molar refractivity (Wildman–Crippen MR) is 77.7 cm³/mol. The minimum Gasteiger partial charge on any atom is -0.468 e. The largest absolute Gasteiger partial charge is 0.468 e. The Bertz CT molecular complexity index is 474. The Morgan fingerprint density at radius 1 is 1.45 bits per heavy atom. The molecule has 0 amide bonds. The van der Waals surface area contributed by atoms with Crippen molar-refractivity contribution in [3.63, 3.8) is 0 Å². The predicted octanol–water partition coefficient (Wildman–Crippen LogP) is 2.36. The Kier molecular flexibility index (Phi) is 5.97. The fourth-order valence-electron chi connectivity index (χ4n) is 1.63. The second kappa shape index (κ2) is 7.25. The number of benzene rings is 1. The van der Waals surface area contributed by atoms with Gasteiger partial charge in [0, 0.05) is 17.0 Å². The fourth-order valence-corrected chi connectivity index (χ4v) is 2.48. The highest BCUT2D eigenvalue weighted by molar-refractivity contribution is 7.99. The number of ether oxygens (including phenoxy) is 1. The Morgan fingerprint density at radius 2 is 2.05 bits per heavy atom. The Morgan fingerprint density at radius 3 is 2.55 bits per heavy atom. The molecule has 1 rings (SSSR count). The monoisotopic (exact) mass is 298 g/mol. The lowest BCUT2D eigenvalue weighted by atomic mass is 9.98. The van der Waals surface area contributed by atoms with Crippen LogP contribution in [-0.2, 0) is 9.53 Å². The van der Waals surface area contributed by atoms with E-state index in [2.05, 4.69) is 4.74 Å². The van der Waals surface area contributed by atoms with Gasteiger partial charge in [0.2, 0.25) is 0 Å². The number of nitrogens with two attached hydrogens (primary N) is 1. The van der Waals surface area contributed by atoms with Crippen molar-refractivity contribution < 1.29 is 14.5 Å². The highest BCUT2D eigenvalue weighted by atomic mass is 32.2. The summed E-state index contributed by atoms with van der Waals surface area (Å²) in [5.74, 6) is 0.361. The molecule has 1 aromatic rings. The summed E-state index contributed by atoms with van der Waals surface area (Å²) in [7, 11) is 1.32. The zero-order chi connectivity index (χ0) is 15.2. The SMILES string of the molecule is COC(=O)C(C)(N)CCCSc1ccc([N+](=O)[O-])cc1. The van der Waals surface area contributed by atoms with Gasteiger partial charge in [-0.05, 0) is 37.7 Å². The van der Waals surface area contributed by atoms with Gasteiger partial charge in [-0.25, -0.2) is 0 Å². The van der Waals surface area contributed by atoms with Gasteiger partial charge < -0.3 is 10.5 Å². The number of hydrogen-bond acceptors (Lipinski definition) is 6. The number of esters is 1. The maximum absolute atomic E-state index is 11.4. The lowest BCUT2D eigenvalue weighted by Gasteiger charge is -2.20. The van der Waals surface area contributed by atoms with Gasteiger partial charge in [-0.1, -0.05) is 0 Å². The Hall–Kier alpha value is -1.60. The van der Waals surface area contributed by atoms with Gasteiger partial charge in [0.1, 0.15) is 5.54 Å². The van der Waals surface area contributed by atoms with E-state index in [9.17, 15) is 14.9 Å². The van der Waals surface area contributed by atoms with Crippen molar-refractivity contribution >= 4 is 23.4 Å². The van der Waals surface area contributed by atoms with Crippen LogP contribution in [0.5, 0.6) is 0 Å². The van der Waals surface area contributed by atoms with Gasteiger partial charge in [0.25, 0.3) is 5.69 Å². The number of nitro benzene ring substituents is 1. The summed E-state index contributed by atoms with van der Waals surface area (Å²) >= 11 is 1.57. The second-order valence-corrected chi connectivity index (χ2v) is 5.78. The summed E-state index contributed by atoms with van der Waals surface area (Å²) in [6.45, 7) is 1.65. The first-order chi connectivity index (χ1) is 9.36. The molecule has 0 fully saturated rings. The third-order valence-electron chi connectivity index (χ3n) is 2.81. The van der Waals surface area contributed by atoms with Crippen molar-refractivity contribution in [3.8, 4) is 0 Å². The molecule has 0 aromatic heterocycles. The van der Waals surface area contributed by atoms with Gasteiger partial charge in [-0.2, -0.15) is 0 Å². The molecule has 1 aromatic carbocycles. The highest BCUT2D eigenvalue weighted by Crippen LogP contribution is 2.23. The molecule has 1 atom stereocenters. The summed E-state index contributed by atoms with van der Waals surface area (Å²) in [5, 5.41) is 10.5. The third kappa shape index (κ3) is 4.82. The van der Waals surface area contributed by atoms with E-state index >= 15 is 0 Å². The maximum atomic E-state index is 11.4.